The summed E-state index contributed by atoms with van der Waals surface area (Å²) in [6.45, 7) is 0. The van der Waals surface area contributed by atoms with Gasteiger partial charge in [0.2, 0.25) is 0 Å². The minimum Gasteiger partial charge on any atom is -0.397 e. The number of anilines is 2. The molecule has 14 heavy (non-hydrogen) atoms. The van der Waals surface area contributed by atoms with Crippen LogP contribution < -0.4 is 10.6 Å². The second-order valence-corrected chi connectivity index (χ2v) is 4.32. The molecule has 0 amide bonds. The summed E-state index contributed by atoms with van der Waals surface area (Å²) in [5.41, 5.74) is 6.38. The maximum atomic E-state index is 5.63. The summed E-state index contributed by atoms with van der Waals surface area (Å²) < 4.78 is 0. The molecule has 0 radical (unpaired) electrons. The van der Waals surface area contributed by atoms with Gasteiger partial charge in [-0.2, -0.15) is 0 Å². The van der Waals surface area contributed by atoms with Crippen LogP contribution in [0, 0.1) is 0 Å². The highest BCUT2D eigenvalue weighted by molar-refractivity contribution is 5.49. The predicted molar refractivity (Wildman–Crippen MR) is 57.2 cm³/mol. The van der Waals surface area contributed by atoms with Crippen molar-refractivity contribution in [2.24, 2.45) is 0 Å². The average Bonchev–Trinajstić information content (AvgIpc) is 2.78. The van der Waals surface area contributed by atoms with Crippen LogP contribution >= 0.6 is 0 Å². The Morgan fingerprint density at radius 3 is 2.29 bits per heavy atom. The van der Waals surface area contributed by atoms with Crippen LogP contribution in [0.15, 0.2) is 18.3 Å². The van der Waals surface area contributed by atoms with Gasteiger partial charge in [-0.3, -0.25) is 0 Å². The first-order valence-corrected chi connectivity index (χ1v) is 5.34. The highest BCUT2D eigenvalue weighted by Crippen LogP contribution is 2.39. The highest BCUT2D eigenvalue weighted by Gasteiger charge is 2.39. The lowest BCUT2D eigenvalue weighted by molar-refractivity contribution is 0.576. The van der Waals surface area contributed by atoms with Gasteiger partial charge >= 0.3 is 0 Å². The highest BCUT2D eigenvalue weighted by atomic mass is 15.3. The molecule has 2 aliphatic heterocycles. The van der Waals surface area contributed by atoms with Crippen molar-refractivity contribution >= 4 is 11.5 Å². The molecule has 0 aliphatic carbocycles. The van der Waals surface area contributed by atoms with Crippen molar-refractivity contribution in [1.82, 2.24) is 4.98 Å². The van der Waals surface area contributed by atoms with Gasteiger partial charge in [-0.05, 0) is 37.8 Å². The van der Waals surface area contributed by atoms with Crippen molar-refractivity contribution in [3.05, 3.63) is 18.3 Å². The lowest BCUT2D eigenvalue weighted by Gasteiger charge is -2.22. The van der Waals surface area contributed by atoms with Gasteiger partial charge in [-0.1, -0.05) is 0 Å². The molecule has 2 fully saturated rings. The van der Waals surface area contributed by atoms with E-state index in [9.17, 15) is 0 Å². The minimum atomic E-state index is 0.746. The molecule has 2 bridgehead atoms. The Kier molecular flexibility index (Phi) is 1.66. The van der Waals surface area contributed by atoms with Crippen LogP contribution in [0.25, 0.3) is 0 Å². The number of nitrogen functional groups attached to an aromatic ring is 1. The summed E-state index contributed by atoms with van der Waals surface area (Å²) in [4.78, 5) is 6.89. The minimum absolute atomic E-state index is 0.746. The van der Waals surface area contributed by atoms with Crippen LogP contribution in [-0.4, -0.2) is 17.1 Å². The number of pyridine rings is 1. The molecule has 1 aromatic heterocycles. The molecule has 2 aliphatic rings. The molecule has 0 unspecified atom stereocenters. The third kappa shape index (κ3) is 1.08. The van der Waals surface area contributed by atoms with E-state index in [-0.39, 0.29) is 0 Å². The van der Waals surface area contributed by atoms with Crippen LogP contribution in [0.5, 0.6) is 0 Å². The van der Waals surface area contributed by atoms with Crippen molar-refractivity contribution in [2.45, 2.75) is 37.8 Å². The van der Waals surface area contributed by atoms with Gasteiger partial charge in [0.1, 0.15) is 5.82 Å². The average molecular weight is 189 g/mol. The van der Waals surface area contributed by atoms with Gasteiger partial charge in [0.25, 0.3) is 0 Å². The molecule has 0 spiro atoms. The first-order chi connectivity index (χ1) is 6.84. The third-order valence-corrected chi connectivity index (χ3v) is 3.49. The Labute approximate surface area is 83.9 Å². The molecule has 0 atom stereocenters. The van der Waals surface area contributed by atoms with Crippen LogP contribution in [0.1, 0.15) is 25.7 Å². The van der Waals surface area contributed by atoms with Crippen molar-refractivity contribution in [1.29, 1.82) is 0 Å². The zero-order valence-electron chi connectivity index (χ0n) is 8.19. The van der Waals surface area contributed by atoms with Crippen molar-refractivity contribution < 1.29 is 0 Å². The summed E-state index contributed by atoms with van der Waals surface area (Å²) in [5.74, 6) is 1.12. The number of fused-ring (bicyclic) bond motifs is 2. The summed E-state index contributed by atoms with van der Waals surface area (Å²) in [5, 5.41) is 0. The van der Waals surface area contributed by atoms with E-state index in [1.54, 1.807) is 6.20 Å². The number of rotatable bonds is 1. The molecule has 3 heterocycles. The topological polar surface area (TPSA) is 42.1 Å². The second kappa shape index (κ2) is 2.87. The zero-order valence-corrected chi connectivity index (χ0v) is 8.19. The monoisotopic (exact) mass is 189 g/mol. The lowest BCUT2D eigenvalue weighted by Crippen LogP contribution is -2.28. The molecule has 3 nitrogen and oxygen atoms in total. The number of nitrogens with two attached hydrogens (primary N) is 1. The first-order valence-electron chi connectivity index (χ1n) is 5.34. The van der Waals surface area contributed by atoms with Crippen molar-refractivity contribution in [2.75, 3.05) is 10.6 Å². The number of hydrogen-bond donors (Lipinski definition) is 1. The largest absolute Gasteiger partial charge is 0.397 e. The van der Waals surface area contributed by atoms with E-state index in [1.807, 2.05) is 12.1 Å². The molecule has 3 heteroatoms. The first kappa shape index (κ1) is 8.09. The molecule has 1 aromatic rings. The SMILES string of the molecule is Nc1ccc(N2C3CCC2CC3)nc1. The van der Waals surface area contributed by atoms with Crippen LogP contribution in [0.2, 0.25) is 0 Å². The Morgan fingerprint density at radius 1 is 1.14 bits per heavy atom. The number of hydrogen-bond acceptors (Lipinski definition) is 3. The molecule has 3 rings (SSSR count). The molecule has 74 valence electrons. The Morgan fingerprint density at radius 2 is 1.79 bits per heavy atom. The van der Waals surface area contributed by atoms with E-state index in [2.05, 4.69) is 9.88 Å². The zero-order chi connectivity index (χ0) is 9.54. The maximum absolute atomic E-state index is 5.63. The predicted octanol–water partition coefficient (Wildman–Crippen LogP) is 1.79. The quantitative estimate of drug-likeness (QED) is 0.732. The van der Waals surface area contributed by atoms with Gasteiger partial charge < -0.3 is 10.6 Å². The molecular formula is C11H15N3. The van der Waals surface area contributed by atoms with Crippen molar-refractivity contribution in [3.8, 4) is 0 Å². The Balaban J connectivity index is 1.92. The summed E-state index contributed by atoms with van der Waals surface area (Å²) in [6.07, 6.45) is 7.13. The third-order valence-electron chi connectivity index (χ3n) is 3.49. The van der Waals surface area contributed by atoms with Crippen molar-refractivity contribution in [3.63, 3.8) is 0 Å². The summed E-state index contributed by atoms with van der Waals surface area (Å²) >= 11 is 0. The van der Waals surface area contributed by atoms with Gasteiger partial charge in [0, 0.05) is 12.1 Å². The standard InChI is InChI=1S/C11H15N3/c12-8-1-6-11(13-7-8)14-9-2-3-10(14)5-4-9/h1,6-7,9-10H,2-5,12H2. The molecule has 2 saturated heterocycles. The van der Waals surface area contributed by atoms with Gasteiger partial charge in [-0.25, -0.2) is 4.98 Å². The Hall–Kier alpha value is -1.25. The summed E-state index contributed by atoms with van der Waals surface area (Å²) in [7, 11) is 0. The van der Waals surface area contributed by atoms with E-state index in [0.29, 0.717) is 0 Å². The van der Waals surface area contributed by atoms with E-state index < -0.39 is 0 Å². The molecule has 0 aromatic carbocycles. The number of aromatic nitrogens is 1. The second-order valence-electron chi connectivity index (χ2n) is 4.32. The van der Waals surface area contributed by atoms with Crippen LogP contribution in [0.3, 0.4) is 0 Å². The van der Waals surface area contributed by atoms with E-state index in [1.165, 1.54) is 25.7 Å². The summed E-state index contributed by atoms with van der Waals surface area (Å²) in [6, 6.07) is 5.48. The molecule has 2 N–H and O–H groups in total. The van der Waals surface area contributed by atoms with Crippen LogP contribution in [0.4, 0.5) is 11.5 Å². The van der Waals surface area contributed by atoms with Gasteiger partial charge in [0.05, 0.1) is 11.9 Å². The Bertz CT molecular complexity index is 313. The van der Waals surface area contributed by atoms with E-state index >= 15 is 0 Å². The normalized spacial score (nSPS) is 29.9. The van der Waals surface area contributed by atoms with E-state index in [0.717, 1.165) is 23.6 Å². The van der Waals surface area contributed by atoms with E-state index in [4.69, 9.17) is 5.73 Å². The fourth-order valence-corrected chi connectivity index (χ4v) is 2.84. The number of nitrogens with zero attached hydrogens (tertiary/aromatic N) is 2. The maximum Gasteiger partial charge on any atom is 0.129 e. The molecular weight excluding hydrogens is 174 g/mol. The lowest BCUT2D eigenvalue weighted by atomic mass is 10.0. The van der Waals surface area contributed by atoms with Crippen LogP contribution in [-0.2, 0) is 0 Å². The fraction of sp³-hybridized carbons (Fsp3) is 0.545. The van der Waals surface area contributed by atoms with Gasteiger partial charge in [0.15, 0.2) is 0 Å². The molecule has 0 saturated carbocycles. The van der Waals surface area contributed by atoms with Gasteiger partial charge in [-0.15, -0.1) is 0 Å². The smallest absolute Gasteiger partial charge is 0.129 e. The fourth-order valence-electron chi connectivity index (χ4n) is 2.84.